The lowest BCUT2D eigenvalue weighted by atomic mass is 10.2. The van der Waals surface area contributed by atoms with Crippen molar-refractivity contribution in [1.82, 2.24) is 0 Å². The van der Waals surface area contributed by atoms with Gasteiger partial charge in [0.25, 0.3) is 0 Å². The van der Waals surface area contributed by atoms with Crippen molar-refractivity contribution >= 4 is 6.08 Å². The molecule has 0 aliphatic carbocycles. The Morgan fingerprint density at radius 1 is 1.25 bits per heavy atom. The van der Waals surface area contributed by atoms with E-state index >= 15 is 0 Å². The average Bonchev–Trinajstić information content (AvgIpc) is 2.09. The van der Waals surface area contributed by atoms with Gasteiger partial charge in [-0.05, 0) is 29.1 Å². The van der Waals surface area contributed by atoms with Crippen molar-refractivity contribution in [3.8, 4) is 5.75 Å². The molecule has 0 aliphatic heterocycles. The third-order valence-electron chi connectivity index (χ3n) is 1.37. The number of halogens is 1. The Labute approximate surface area is 70.1 Å². The molecule has 0 saturated heterocycles. The van der Waals surface area contributed by atoms with Crippen LogP contribution in [0.25, 0.3) is 6.08 Å². The van der Waals surface area contributed by atoms with E-state index in [-0.39, 0.29) is 0 Å². The van der Waals surface area contributed by atoms with E-state index in [1.165, 1.54) is 0 Å². The summed E-state index contributed by atoms with van der Waals surface area (Å²) >= 11 is 0. The van der Waals surface area contributed by atoms with Crippen LogP contribution < -0.4 is 4.89 Å². The molecule has 0 saturated carbocycles. The normalized spacial score (nSPS) is 10.5. The summed E-state index contributed by atoms with van der Waals surface area (Å²) in [4.78, 5) is 4.15. The van der Waals surface area contributed by atoms with Gasteiger partial charge in [-0.15, -0.1) is 0 Å². The summed E-state index contributed by atoms with van der Waals surface area (Å²) in [5.41, 5.74) is 1.03. The van der Waals surface area contributed by atoms with Crippen molar-refractivity contribution in [2.24, 2.45) is 0 Å². The van der Waals surface area contributed by atoms with Gasteiger partial charge in [0.05, 0.1) is 0 Å². The fourth-order valence-electron chi connectivity index (χ4n) is 0.863. The van der Waals surface area contributed by atoms with E-state index in [4.69, 9.17) is 0 Å². The number of allylic oxidation sites excluding steroid dienone is 1. The quantitative estimate of drug-likeness (QED) is 0.510. The van der Waals surface area contributed by atoms with Gasteiger partial charge in [-0.3, -0.25) is 0 Å². The zero-order valence-corrected chi connectivity index (χ0v) is 6.66. The molecule has 0 aliphatic rings. The Bertz CT molecular complexity index is 254. The molecule has 0 bridgehead atoms. The molecule has 1 aromatic carbocycles. The van der Waals surface area contributed by atoms with E-state index in [0.29, 0.717) is 5.75 Å². The first-order valence-corrected chi connectivity index (χ1v) is 3.55. The van der Waals surface area contributed by atoms with Crippen LogP contribution in [0.4, 0.5) is 4.53 Å². The molecule has 0 radical (unpaired) electrons. The fourth-order valence-corrected chi connectivity index (χ4v) is 0.863. The summed E-state index contributed by atoms with van der Waals surface area (Å²) in [5.74, 6) is 0.339. The highest BCUT2D eigenvalue weighted by Crippen LogP contribution is 2.13. The minimum Gasteiger partial charge on any atom is -0.304 e. The highest BCUT2D eigenvalue weighted by Gasteiger charge is 1.92. The monoisotopic (exact) mass is 168 g/mol. The van der Waals surface area contributed by atoms with Crippen molar-refractivity contribution in [2.75, 3.05) is 0 Å². The Hall–Kier alpha value is -1.35. The molecule has 3 heteroatoms. The van der Waals surface area contributed by atoms with Crippen molar-refractivity contribution in [3.63, 3.8) is 0 Å². The number of hydrogen-bond donors (Lipinski definition) is 0. The minimum atomic E-state index is 0.339. The maximum absolute atomic E-state index is 11.2. The zero-order valence-electron chi connectivity index (χ0n) is 6.66. The van der Waals surface area contributed by atoms with Crippen LogP contribution in [0.3, 0.4) is 0 Å². The van der Waals surface area contributed by atoms with Crippen molar-refractivity contribution < 1.29 is 14.5 Å². The van der Waals surface area contributed by atoms with Crippen LogP contribution >= 0.6 is 0 Å². The van der Waals surface area contributed by atoms with E-state index in [1.54, 1.807) is 24.3 Å². The smallest absolute Gasteiger partial charge is 0.169 e. The van der Waals surface area contributed by atoms with Crippen molar-refractivity contribution in [3.05, 3.63) is 35.9 Å². The van der Waals surface area contributed by atoms with E-state index in [2.05, 4.69) is 9.98 Å². The average molecular weight is 168 g/mol. The maximum Gasteiger partial charge on any atom is 0.169 e. The number of benzene rings is 1. The standard InChI is InChI=1S/C9H9FO2/c1-2-3-8-4-6-9(7-5-8)11-12-10/h2-7H,1H3/b3-2+. The van der Waals surface area contributed by atoms with Gasteiger partial charge in [0.1, 0.15) is 0 Å². The predicted molar refractivity (Wildman–Crippen MR) is 44.0 cm³/mol. The molecular formula is C9H9FO2. The first-order valence-electron chi connectivity index (χ1n) is 3.55. The van der Waals surface area contributed by atoms with Crippen LogP contribution in [0.15, 0.2) is 30.3 Å². The van der Waals surface area contributed by atoms with Crippen LogP contribution in [0.5, 0.6) is 5.75 Å². The highest BCUT2D eigenvalue weighted by molar-refractivity contribution is 5.49. The largest absolute Gasteiger partial charge is 0.304 e. The predicted octanol–water partition coefficient (Wildman–Crippen LogP) is 2.91. The summed E-state index contributed by atoms with van der Waals surface area (Å²) in [5, 5.41) is 3.01. The third kappa shape index (κ3) is 2.36. The van der Waals surface area contributed by atoms with Crippen LogP contribution in [0, 0.1) is 0 Å². The Kier molecular flexibility index (Phi) is 3.29. The summed E-state index contributed by atoms with van der Waals surface area (Å²) in [7, 11) is 0. The summed E-state index contributed by atoms with van der Waals surface area (Å²) in [6.45, 7) is 1.93. The van der Waals surface area contributed by atoms with Crippen LogP contribution in [0.1, 0.15) is 12.5 Å². The molecule has 1 rings (SSSR count). The molecule has 1 aromatic rings. The Balaban J connectivity index is 2.71. The van der Waals surface area contributed by atoms with Gasteiger partial charge in [-0.1, -0.05) is 24.3 Å². The first-order chi connectivity index (χ1) is 5.86. The molecular weight excluding hydrogens is 159 g/mol. The topological polar surface area (TPSA) is 18.5 Å². The van der Waals surface area contributed by atoms with Crippen LogP contribution in [-0.2, 0) is 5.09 Å². The lowest BCUT2D eigenvalue weighted by molar-refractivity contribution is -0.367. The van der Waals surface area contributed by atoms with E-state index in [9.17, 15) is 4.53 Å². The SMILES string of the molecule is C/C=C/c1ccc(OOF)cc1. The lowest BCUT2D eigenvalue weighted by Crippen LogP contribution is -1.85. The lowest BCUT2D eigenvalue weighted by Gasteiger charge is -1.96. The molecule has 0 N–H and O–H groups in total. The molecule has 0 aromatic heterocycles. The Morgan fingerprint density at radius 3 is 2.42 bits per heavy atom. The molecule has 0 atom stereocenters. The van der Waals surface area contributed by atoms with E-state index < -0.39 is 0 Å². The minimum absolute atomic E-state index is 0.339. The van der Waals surface area contributed by atoms with Crippen molar-refractivity contribution in [2.45, 2.75) is 6.92 Å². The molecule has 2 nitrogen and oxygen atoms in total. The highest BCUT2D eigenvalue weighted by atomic mass is 19.3. The second-order valence-corrected chi connectivity index (χ2v) is 2.22. The second kappa shape index (κ2) is 4.51. The molecule has 0 fully saturated rings. The zero-order chi connectivity index (χ0) is 8.81. The summed E-state index contributed by atoms with van der Waals surface area (Å²) in [6.07, 6.45) is 3.85. The third-order valence-corrected chi connectivity index (χ3v) is 1.37. The second-order valence-electron chi connectivity index (χ2n) is 2.22. The van der Waals surface area contributed by atoms with E-state index in [1.807, 2.05) is 19.1 Å². The fraction of sp³-hybridized carbons (Fsp3) is 0.111. The molecule has 0 unspecified atom stereocenters. The van der Waals surface area contributed by atoms with Crippen molar-refractivity contribution in [1.29, 1.82) is 0 Å². The van der Waals surface area contributed by atoms with Gasteiger partial charge >= 0.3 is 0 Å². The molecule has 12 heavy (non-hydrogen) atoms. The molecule has 0 heterocycles. The summed E-state index contributed by atoms with van der Waals surface area (Å²) < 4.78 is 11.2. The molecule has 0 amide bonds. The first kappa shape index (κ1) is 8.74. The molecule has 64 valence electrons. The van der Waals surface area contributed by atoms with Gasteiger partial charge in [-0.25, -0.2) is 0 Å². The van der Waals surface area contributed by atoms with Gasteiger partial charge in [0.2, 0.25) is 0 Å². The molecule has 0 spiro atoms. The van der Waals surface area contributed by atoms with Gasteiger partial charge < -0.3 is 4.89 Å². The van der Waals surface area contributed by atoms with E-state index in [0.717, 1.165) is 5.56 Å². The Morgan fingerprint density at radius 2 is 1.92 bits per heavy atom. The number of hydrogen-bond acceptors (Lipinski definition) is 2. The van der Waals surface area contributed by atoms with Crippen LogP contribution in [-0.4, -0.2) is 0 Å². The maximum atomic E-state index is 11.2. The number of rotatable bonds is 3. The van der Waals surface area contributed by atoms with Gasteiger partial charge in [0, 0.05) is 5.09 Å². The van der Waals surface area contributed by atoms with Gasteiger partial charge in [0.15, 0.2) is 5.75 Å². The summed E-state index contributed by atoms with van der Waals surface area (Å²) in [6, 6.07) is 6.84. The van der Waals surface area contributed by atoms with Gasteiger partial charge in [-0.2, -0.15) is 0 Å². The van der Waals surface area contributed by atoms with Crippen LogP contribution in [0.2, 0.25) is 0 Å².